The number of anilines is 1. The van der Waals surface area contributed by atoms with Gasteiger partial charge in [0.05, 0.1) is 23.4 Å². The van der Waals surface area contributed by atoms with Gasteiger partial charge in [-0.1, -0.05) is 19.1 Å². The first-order valence-electron chi connectivity index (χ1n) is 7.71. The average molecular weight is 504 g/mol. The lowest BCUT2D eigenvalue weighted by Crippen LogP contribution is -2.13. The molecular formula is C18H19BrINO3. The lowest BCUT2D eigenvalue weighted by molar-refractivity contribution is 0.102. The fourth-order valence-corrected chi connectivity index (χ4v) is 3.14. The second-order valence-corrected chi connectivity index (χ2v) is 7.02. The Labute approximate surface area is 164 Å². The maximum absolute atomic E-state index is 12.6. The minimum Gasteiger partial charge on any atom is -0.490 e. The summed E-state index contributed by atoms with van der Waals surface area (Å²) in [6, 6.07) is 11.1. The zero-order valence-electron chi connectivity index (χ0n) is 13.6. The molecule has 0 fully saturated rings. The molecule has 4 nitrogen and oxygen atoms in total. The number of nitrogens with one attached hydrogen (secondary N) is 1. The molecule has 2 aromatic carbocycles. The molecule has 0 saturated carbocycles. The summed E-state index contributed by atoms with van der Waals surface area (Å²) in [5, 5.41) is 2.92. The first kappa shape index (κ1) is 19.1. The van der Waals surface area contributed by atoms with E-state index in [2.05, 4.69) is 43.8 Å². The lowest BCUT2D eigenvalue weighted by Gasteiger charge is -2.15. The molecule has 0 spiro atoms. The Bertz CT molecular complexity index is 721. The van der Waals surface area contributed by atoms with Crippen molar-refractivity contribution in [2.45, 2.75) is 20.3 Å². The summed E-state index contributed by atoms with van der Waals surface area (Å²) >= 11 is 5.67. The molecule has 0 aliphatic carbocycles. The summed E-state index contributed by atoms with van der Waals surface area (Å²) in [5.41, 5.74) is 1.29. The van der Waals surface area contributed by atoms with E-state index >= 15 is 0 Å². The predicted molar refractivity (Wildman–Crippen MR) is 108 cm³/mol. The molecule has 6 heteroatoms. The van der Waals surface area contributed by atoms with Gasteiger partial charge in [-0.15, -0.1) is 0 Å². The summed E-state index contributed by atoms with van der Waals surface area (Å²) in [6.07, 6.45) is 0.896. The second-order valence-electron chi connectivity index (χ2n) is 5.00. The fourth-order valence-electron chi connectivity index (χ4n) is 2.06. The topological polar surface area (TPSA) is 47.6 Å². The molecule has 0 aliphatic rings. The summed E-state index contributed by atoms with van der Waals surface area (Å²) < 4.78 is 13.1. The van der Waals surface area contributed by atoms with E-state index in [1.807, 2.05) is 38.1 Å². The van der Waals surface area contributed by atoms with E-state index in [1.54, 1.807) is 12.1 Å². The third kappa shape index (κ3) is 4.86. The maximum atomic E-state index is 12.6. The van der Waals surface area contributed by atoms with Gasteiger partial charge in [0.1, 0.15) is 0 Å². The number of carbonyl (C=O) groups is 1. The highest BCUT2D eigenvalue weighted by molar-refractivity contribution is 14.1. The van der Waals surface area contributed by atoms with Crippen molar-refractivity contribution >= 4 is 50.1 Å². The minimum absolute atomic E-state index is 0.192. The number of hydrogen-bond donors (Lipinski definition) is 1. The van der Waals surface area contributed by atoms with E-state index in [1.165, 1.54) is 0 Å². The predicted octanol–water partition coefficient (Wildman–Crippen LogP) is 5.49. The highest BCUT2D eigenvalue weighted by Gasteiger charge is 2.16. The van der Waals surface area contributed by atoms with Crippen LogP contribution < -0.4 is 14.8 Å². The van der Waals surface area contributed by atoms with Crippen LogP contribution in [-0.4, -0.2) is 19.1 Å². The van der Waals surface area contributed by atoms with Gasteiger partial charge in [0.2, 0.25) is 0 Å². The normalized spacial score (nSPS) is 10.3. The molecule has 0 saturated heterocycles. The standard InChI is InChI=1S/C18H19BrINO3/c1-3-9-24-17-13(19)10-12(11-16(17)23-4-2)18(22)21-15-8-6-5-7-14(15)20/h5-8,10-11H,3-4,9H2,1-2H3,(H,21,22). The molecule has 0 heterocycles. The van der Waals surface area contributed by atoms with Crippen molar-refractivity contribution in [2.75, 3.05) is 18.5 Å². The third-order valence-electron chi connectivity index (χ3n) is 3.14. The molecular weight excluding hydrogens is 485 g/mol. The fraction of sp³-hybridized carbons (Fsp3) is 0.278. The highest BCUT2D eigenvalue weighted by atomic mass is 127. The molecule has 2 aromatic rings. The highest BCUT2D eigenvalue weighted by Crippen LogP contribution is 2.37. The molecule has 1 N–H and O–H groups in total. The number of para-hydroxylation sites is 1. The number of rotatable bonds is 7. The van der Waals surface area contributed by atoms with Gasteiger partial charge in [-0.05, 0) is 76.1 Å². The molecule has 1 amide bonds. The molecule has 0 radical (unpaired) electrons. The minimum atomic E-state index is -0.192. The van der Waals surface area contributed by atoms with Gasteiger partial charge in [0.15, 0.2) is 11.5 Å². The number of carbonyl (C=O) groups excluding carboxylic acids is 1. The van der Waals surface area contributed by atoms with E-state index < -0.39 is 0 Å². The van der Waals surface area contributed by atoms with Gasteiger partial charge < -0.3 is 14.8 Å². The van der Waals surface area contributed by atoms with Crippen molar-refractivity contribution in [3.05, 3.63) is 50.0 Å². The summed E-state index contributed by atoms with van der Waals surface area (Å²) in [6.45, 7) is 5.02. The van der Waals surface area contributed by atoms with Gasteiger partial charge in [-0.25, -0.2) is 0 Å². The third-order valence-corrected chi connectivity index (χ3v) is 4.67. The Kier molecular flexibility index (Phi) is 7.36. The van der Waals surface area contributed by atoms with Crippen LogP contribution in [0, 0.1) is 3.57 Å². The second kappa shape index (κ2) is 9.27. The lowest BCUT2D eigenvalue weighted by atomic mass is 10.1. The van der Waals surface area contributed by atoms with Crippen LogP contribution in [0.15, 0.2) is 40.9 Å². The van der Waals surface area contributed by atoms with E-state index in [-0.39, 0.29) is 5.91 Å². The monoisotopic (exact) mass is 503 g/mol. The Hall–Kier alpha value is -1.28. The summed E-state index contributed by atoms with van der Waals surface area (Å²) in [4.78, 5) is 12.6. The molecule has 0 unspecified atom stereocenters. The number of ether oxygens (including phenoxy) is 2. The van der Waals surface area contributed by atoms with Gasteiger partial charge in [-0.3, -0.25) is 4.79 Å². The molecule has 2 rings (SSSR count). The number of hydrogen-bond acceptors (Lipinski definition) is 3. The van der Waals surface area contributed by atoms with Crippen molar-refractivity contribution in [1.82, 2.24) is 0 Å². The average Bonchev–Trinajstić information content (AvgIpc) is 2.56. The van der Waals surface area contributed by atoms with Crippen molar-refractivity contribution in [2.24, 2.45) is 0 Å². The van der Waals surface area contributed by atoms with Crippen molar-refractivity contribution in [1.29, 1.82) is 0 Å². The van der Waals surface area contributed by atoms with E-state index in [4.69, 9.17) is 9.47 Å². The van der Waals surface area contributed by atoms with Crippen molar-refractivity contribution in [3.8, 4) is 11.5 Å². The quantitative estimate of drug-likeness (QED) is 0.508. The largest absolute Gasteiger partial charge is 0.490 e. The van der Waals surface area contributed by atoms with Crippen LogP contribution in [0.2, 0.25) is 0 Å². The van der Waals surface area contributed by atoms with Crippen molar-refractivity contribution in [3.63, 3.8) is 0 Å². The van der Waals surface area contributed by atoms with E-state index in [0.29, 0.717) is 34.7 Å². The van der Waals surface area contributed by atoms with Crippen LogP contribution in [0.5, 0.6) is 11.5 Å². The van der Waals surface area contributed by atoms with Crippen LogP contribution in [0.1, 0.15) is 30.6 Å². The number of halogens is 2. The Balaban J connectivity index is 2.29. The van der Waals surface area contributed by atoms with Gasteiger partial charge >= 0.3 is 0 Å². The molecule has 128 valence electrons. The molecule has 24 heavy (non-hydrogen) atoms. The zero-order valence-corrected chi connectivity index (χ0v) is 17.3. The smallest absolute Gasteiger partial charge is 0.255 e. The van der Waals surface area contributed by atoms with Crippen LogP contribution in [0.4, 0.5) is 5.69 Å². The molecule has 0 aliphatic heterocycles. The zero-order chi connectivity index (χ0) is 17.5. The Morgan fingerprint density at radius 1 is 1.21 bits per heavy atom. The molecule has 0 bridgehead atoms. The van der Waals surface area contributed by atoms with Gasteiger partial charge in [-0.2, -0.15) is 0 Å². The maximum Gasteiger partial charge on any atom is 0.255 e. The molecule has 0 atom stereocenters. The SMILES string of the molecule is CCCOc1c(Br)cc(C(=O)Nc2ccccc2I)cc1OCC. The van der Waals surface area contributed by atoms with E-state index in [0.717, 1.165) is 15.7 Å². The van der Waals surface area contributed by atoms with Gasteiger partial charge in [0, 0.05) is 9.13 Å². The summed E-state index contributed by atoms with van der Waals surface area (Å²) in [7, 11) is 0. The van der Waals surface area contributed by atoms with Crippen LogP contribution >= 0.6 is 38.5 Å². The first-order valence-corrected chi connectivity index (χ1v) is 9.59. The van der Waals surface area contributed by atoms with Crippen LogP contribution in [0.25, 0.3) is 0 Å². The molecule has 0 aromatic heterocycles. The van der Waals surface area contributed by atoms with Crippen LogP contribution in [-0.2, 0) is 0 Å². The van der Waals surface area contributed by atoms with Crippen LogP contribution in [0.3, 0.4) is 0 Å². The number of benzene rings is 2. The van der Waals surface area contributed by atoms with Crippen molar-refractivity contribution < 1.29 is 14.3 Å². The first-order chi connectivity index (χ1) is 11.6. The number of amides is 1. The Morgan fingerprint density at radius 3 is 2.62 bits per heavy atom. The van der Waals surface area contributed by atoms with E-state index in [9.17, 15) is 4.79 Å². The van der Waals surface area contributed by atoms with Gasteiger partial charge in [0.25, 0.3) is 5.91 Å². The summed E-state index contributed by atoms with van der Waals surface area (Å²) in [5.74, 6) is 1.00. The Morgan fingerprint density at radius 2 is 1.96 bits per heavy atom.